The molecule has 1 aromatic heterocycles. The number of hydrogen-bond acceptors (Lipinski definition) is 5. The lowest BCUT2D eigenvalue weighted by Crippen LogP contribution is -2.45. The monoisotopic (exact) mass is 280 g/mol. The Morgan fingerprint density at radius 3 is 2.65 bits per heavy atom. The first kappa shape index (κ1) is 15.4. The van der Waals surface area contributed by atoms with E-state index >= 15 is 0 Å². The maximum atomic E-state index is 5.37. The van der Waals surface area contributed by atoms with Gasteiger partial charge in [-0.2, -0.15) is 4.98 Å². The molecule has 0 amide bonds. The molecule has 0 spiro atoms. The zero-order valence-corrected chi connectivity index (χ0v) is 13.2. The maximum absolute atomic E-state index is 5.37. The van der Waals surface area contributed by atoms with Gasteiger partial charge >= 0.3 is 0 Å². The van der Waals surface area contributed by atoms with Crippen LogP contribution < -0.4 is 5.32 Å². The van der Waals surface area contributed by atoms with Crippen molar-refractivity contribution in [1.29, 1.82) is 0 Å². The summed E-state index contributed by atoms with van der Waals surface area (Å²) in [5.74, 6) is 1.86. The molecule has 114 valence electrons. The molecule has 1 fully saturated rings. The standard InChI is InChI=1S/C15H28N4O/c1-11(2)15-17-14(20-18-15)10-19(12(3)4)9-13-7-5-6-8-16-13/h11-13,16H,5-10H2,1-4H3. The van der Waals surface area contributed by atoms with Gasteiger partial charge in [0.2, 0.25) is 5.89 Å². The highest BCUT2D eigenvalue weighted by Crippen LogP contribution is 2.15. The van der Waals surface area contributed by atoms with Crippen molar-refractivity contribution < 1.29 is 4.52 Å². The first-order valence-electron chi connectivity index (χ1n) is 7.86. The number of rotatable bonds is 6. The lowest BCUT2D eigenvalue weighted by Gasteiger charge is -2.32. The van der Waals surface area contributed by atoms with Crippen molar-refractivity contribution in [1.82, 2.24) is 20.4 Å². The van der Waals surface area contributed by atoms with Crippen LogP contribution in [0.4, 0.5) is 0 Å². The van der Waals surface area contributed by atoms with Gasteiger partial charge in [-0.3, -0.25) is 4.90 Å². The van der Waals surface area contributed by atoms with Gasteiger partial charge < -0.3 is 9.84 Å². The third-order valence-electron chi connectivity index (χ3n) is 3.94. The quantitative estimate of drug-likeness (QED) is 0.868. The Balaban J connectivity index is 1.93. The molecule has 5 heteroatoms. The van der Waals surface area contributed by atoms with Crippen LogP contribution >= 0.6 is 0 Å². The number of aromatic nitrogens is 2. The molecular weight excluding hydrogens is 252 g/mol. The highest BCUT2D eigenvalue weighted by molar-refractivity contribution is 4.92. The summed E-state index contributed by atoms with van der Waals surface area (Å²) in [6.45, 7) is 11.6. The van der Waals surface area contributed by atoms with Gasteiger partial charge in [0, 0.05) is 24.5 Å². The zero-order valence-electron chi connectivity index (χ0n) is 13.2. The highest BCUT2D eigenvalue weighted by Gasteiger charge is 2.21. The molecule has 2 rings (SSSR count). The minimum atomic E-state index is 0.319. The third kappa shape index (κ3) is 4.28. The molecule has 0 radical (unpaired) electrons. The Morgan fingerprint density at radius 1 is 1.30 bits per heavy atom. The molecule has 1 saturated heterocycles. The fourth-order valence-electron chi connectivity index (χ4n) is 2.56. The molecule has 2 heterocycles. The van der Waals surface area contributed by atoms with Crippen LogP contribution in [0.5, 0.6) is 0 Å². The highest BCUT2D eigenvalue weighted by atomic mass is 16.5. The van der Waals surface area contributed by atoms with E-state index in [0.717, 1.165) is 31.3 Å². The van der Waals surface area contributed by atoms with Crippen molar-refractivity contribution in [3.63, 3.8) is 0 Å². The Labute approximate surface area is 122 Å². The van der Waals surface area contributed by atoms with Gasteiger partial charge in [0.1, 0.15) is 0 Å². The molecule has 0 aliphatic carbocycles. The Kier molecular flexibility index (Phi) is 5.54. The predicted molar refractivity (Wildman–Crippen MR) is 79.6 cm³/mol. The summed E-state index contributed by atoms with van der Waals surface area (Å²) in [6, 6.07) is 1.08. The van der Waals surface area contributed by atoms with Gasteiger partial charge in [0.15, 0.2) is 5.82 Å². The van der Waals surface area contributed by atoms with E-state index < -0.39 is 0 Å². The molecule has 1 atom stereocenters. The molecule has 1 aliphatic rings. The van der Waals surface area contributed by atoms with Crippen molar-refractivity contribution in [3.05, 3.63) is 11.7 Å². The Morgan fingerprint density at radius 2 is 2.10 bits per heavy atom. The first-order valence-corrected chi connectivity index (χ1v) is 7.86. The van der Waals surface area contributed by atoms with Crippen molar-refractivity contribution in [3.8, 4) is 0 Å². The van der Waals surface area contributed by atoms with E-state index in [2.05, 4.69) is 48.1 Å². The molecule has 1 N–H and O–H groups in total. The van der Waals surface area contributed by atoms with E-state index in [1.54, 1.807) is 0 Å². The van der Waals surface area contributed by atoms with Crippen LogP contribution in [-0.4, -0.2) is 40.2 Å². The molecule has 0 aromatic carbocycles. The van der Waals surface area contributed by atoms with Crippen LogP contribution in [0.2, 0.25) is 0 Å². The summed E-state index contributed by atoms with van der Waals surface area (Å²) in [4.78, 5) is 6.90. The van der Waals surface area contributed by atoms with Gasteiger partial charge in [-0.05, 0) is 33.2 Å². The summed E-state index contributed by atoms with van der Waals surface area (Å²) in [5.41, 5.74) is 0. The summed E-state index contributed by atoms with van der Waals surface area (Å²) in [7, 11) is 0. The largest absolute Gasteiger partial charge is 0.338 e. The van der Waals surface area contributed by atoms with E-state index in [1.807, 2.05) is 0 Å². The van der Waals surface area contributed by atoms with Gasteiger partial charge in [-0.1, -0.05) is 25.4 Å². The minimum absolute atomic E-state index is 0.319. The van der Waals surface area contributed by atoms with Crippen LogP contribution in [-0.2, 0) is 6.54 Å². The van der Waals surface area contributed by atoms with E-state index in [0.29, 0.717) is 18.0 Å². The summed E-state index contributed by atoms with van der Waals surface area (Å²) >= 11 is 0. The summed E-state index contributed by atoms with van der Waals surface area (Å²) in [6.07, 6.45) is 3.91. The van der Waals surface area contributed by atoms with Gasteiger partial charge in [-0.25, -0.2) is 0 Å². The van der Waals surface area contributed by atoms with Crippen LogP contribution in [0.1, 0.15) is 64.6 Å². The molecular formula is C15H28N4O. The van der Waals surface area contributed by atoms with E-state index in [1.165, 1.54) is 19.3 Å². The third-order valence-corrected chi connectivity index (χ3v) is 3.94. The van der Waals surface area contributed by atoms with Crippen LogP contribution in [0.15, 0.2) is 4.52 Å². The SMILES string of the molecule is CC(C)c1noc(CN(CC2CCCCN2)C(C)C)n1. The van der Waals surface area contributed by atoms with Gasteiger partial charge in [-0.15, -0.1) is 0 Å². The normalized spacial score (nSPS) is 20.2. The number of piperidine rings is 1. The smallest absolute Gasteiger partial charge is 0.240 e. The van der Waals surface area contributed by atoms with Crippen LogP contribution in [0.3, 0.4) is 0 Å². The molecule has 5 nitrogen and oxygen atoms in total. The average molecular weight is 280 g/mol. The molecule has 0 saturated carbocycles. The number of nitrogens with one attached hydrogen (secondary N) is 1. The van der Waals surface area contributed by atoms with Gasteiger partial charge in [0.05, 0.1) is 6.54 Å². The number of nitrogens with zero attached hydrogens (tertiary/aromatic N) is 3. The molecule has 20 heavy (non-hydrogen) atoms. The van der Waals surface area contributed by atoms with Crippen molar-refractivity contribution in [2.45, 2.75) is 71.5 Å². The van der Waals surface area contributed by atoms with Crippen LogP contribution in [0, 0.1) is 0 Å². The second kappa shape index (κ2) is 7.18. The molecule has 0 bridgehead atoms. The Bertz CT molecular complexity index is 396. The minimum Gasteiger partial charge on any atom is -0.338 e. The van der Waals surface area contributed by atoms with E-state index in [9.17, 15) is 0 Å². The number of hydrogen-bond donors (Lipinski definition) is 1. The molecule has 1 unspecified atom stereocenters. The van der Waals surface area contributed by atoms with Crippen LogP contribution in [0.25, 0.3) is 0 Å². The zero-order chi connectivity index (χ0) is 14.5. The van der Waals surface area contributed by atoms with Gasteiger partial charge in [0.25, 0.3) is 0 Å². The second-order valence-electron chi connectivity index (χ2n) is 6.37. The summed E-state index contributed by atoms with van der Waals surface area (Å²) in [5, 5.41) is 7.65. The average Bonchev–Trinajstić information content (AvgIpc) is 2.88. The Hall–Kier alpha value is -0.940. The molecule has 1 aliphatic heterocycles. The second-order valence-corrected chi connectivity index (χ2v) is 6.37. The lowest BCUT2D eigenvalue weighted by molar-refractivity contribution is 0.157. The topological polar surface area (TPSA) is 54.2 Å². The molecule has 1 aromatic rings. The lowest BCUT2D eigenvalue weighted by atomic mass is 10.0. The first-order chi connectivity index (χ1) is 9.56. The van der Waals surface area contributed by atoms with E-state index in [-0.39, 0.29) is 0 Å². The van der Waals surface area contributed by atoms with Crippen molar-refractivity contribution in [2.75, 3.05) is 13.1 Å². The van der Waals surface area contributed by atoms with Crippen molar-refractivity contribution in [2.24, 2.45) is 0 Å². The van der Waals surface area contributed by atoms with Crippen molar-refractivity contribution >= 4 is 0 Å². The predicted octanol–water partition coefficient (Wildman–Crippen LogP) is 2.55. The fourth-order valence-corrected chi connectivity index (χ4v) is 2.56. The maximum Gasteiger partial charge on any atom is 0.240 e. The summed E-state index contributed by atoms with van der Waals surface area (Å²) < 4.78 is 5.37. The van der Waals surface area contributed by atoms with E-state index in [4.69, 9.17) is 4.52 Å². The fraction of sp³-hybridized carbons (Fsp3) is 0.867.